The van der Waals surface area contributed by atoms with Crippen LogP contribution in [-0.2, 0) is 9.47 Å². The topological polar surface area (TPSA) is 116 Å². The van der Waals surface area contributed by atoms with Crippen LogP contribution in [0.3, 0.4) is 0 Å². The van der Waals surface area contributed by atoms with Crippen LogP contribution in [0.1, 0.15) is 135 Å². The second-order valence-corrected chi connectivity index (χ2v) is 18.9. The number of methoxy groups -OCH3 is 1. The van der Waals surface area contributed by atoms with Gasteiger partial charge in [-0.3, -0.25) is 20.0 Å². The maximum atomic E-state index is 7.31. The molecule has 0 spiro atoms. The van der Waals surface area contributed by atoms with Crippen LogP contribution in [0, 0.1) is 29.6 Å². The molecule has 0 aromatic rings. The van der Waals surface area contributed by atoms with Crippen LogP contribution < -0.4 is 21.3 Å². The van der Waals surface area contributed by atoms with Crippen LogP contribution in [0.2, 0.25) is 0 Å². The molecule has 0 aromatic carbocycles. The Morgan fingerprint density at radius 3 is 1.40 bits per heavy atom. The van der Waals surface area contributed by atoms with Gasteiger partial charge in [0.2, 0.25) is 0 Å². The van der Waals surface area contributed by atoms with E-state index in [1.165, 1.54) is 94.0 Å². The number of aliphatic imine (C=N–C) groups is 4. The van der Waals surface area contributed by atoms with Gasteiger partial charge in [0, 0.05) is 48.9 Å². The summed E-state index contributed by atoms with van der Waals surface area (Å²) < 4.78 is 13.1. The maximum absolute atomic E-state index is 7.31. The van der Waals surface area contributed by atoms with Gasteiger partial charge in [0.25, 0.3) is 0 Å². The summed E-state index contributed by atoms with van der Waals surface area (Å²) in [7, 11) is 1.87. The van der Waals surface area contributed by atoms with Crippen molar-refractivity contribution in [3.05, 3.63) is 0 Å². The zero-order valence-corrected chi connectivity index (χ0v) is 32.0. The normalized spacial score (nSPS) is 48.3. The summed E-state index contributed by atoms with van der Waals surface area (Å²) in [6, 6.07) is 3.77. The molecule has 16 atom stereocenters. The Morgan fingerprint density at radius 2 is 0.865 bits per heavy atom. The number of rotatable bonds is 7. The first-order valence-electron chi connectivity index (χ1n) is 22.1. The summed E-state index contributed by atoms with van der Waals surface area (Å²) in [5.41, 5.74) is 0. The lowest BCUT2D eigenvalue weighted by atomic mass is 9.74. The fourth-order valence-corrected chi connectivity index (χ4v) is 12.7. The molecule has 10 heteroatoms. The average Bonchev–Trinajstić information content (AvgIpc) is 3.98. The molecule has 4 aliphatic heterocycles. The molecular formula is C42H66N8O2. The molecule has 10 rings (SSSR count). The number of nitrogens with one attached hydrogen (secondary N) is 4. The average molecular weight is 715 g/mol. The van der Waals surface area contributed by atoms with E-state index in [4.69, 9.17) is 29.4 Å². The highest BCUT2D eigenvalue weighted by molar-refractivity contribution is 5.96. The van der Waals surface area contributed by atoms with Gasteiger partial charge in [0.05, 0.1) is 48.5 Å². The van der Waals surface area contributed by atoms with Gasteiger partial charge in [0.1, 0.15) is 23.3 Å². The van der Waals surface area contributed by atoms with E-state index >= 15 is 0 Å². The molecule has 6 aliphatic carbocycles. The summed E-state index contributed by atoms with van der Waals surface area (Å²) in [4.78, 5) is 21.7. The summed E-state index contributed by atoms with van der Waals surface area (Å²) in [6.45, 7) is 2.42. The van der Waals surface area contributed by atoms with E-state index in [2.05, 4.69) is 28.2 Å². The van der Waals surface area contributed by atoms with E-state index in [0.29, 0.717) is 78.1 Å². The number of amidine groups is 4. The molecule has 6 saturated carbocycles. The Kier molecular flexibility index (Phi) is 9.54. The molecule has 4 N–H and O–H groups in total. The molecule has 286 valence electrons. The van der Waals surface area contributed by atoms with Crippen molar-refractivity contribution in [1.29, 1.82) is 0 Å². The number of hydrogen-bond acceptors (Lipinski definition) is 10. The highest BCUT2D eigenvalue weighted by Gasteiger charge is 2.48. The molecule has 16 unspecified atom stereocenters. The molecule has 0 amide bonds. The lowest BCUT2D eigenvalue weighted by Crippen LogP contribution is -2.50. The van der Waals surface area contributed by atoms with Crippen molar-refractivity contribution in [2.45, 2.75) is 202 Å². The van der Waals surface area contributed by atoms with Crippen molar-refractivity contribution < 1.29 is 9.47 Å². The number of fused-ring (bicyclic) bond motifs is 4. The molecule has 10 aliphatic rings. The molecule has 4 heterocycles. The Morgan fingerprint density at radius 1 is 0.423 bits per heavy atom. The predicted octanol–water partition coefficient (Wildman–Crippen LogP) is 5.70. The smallest absolute Gasteiger partial charge is 0.101 e. The van der Waals surface area contributed by atoms with Gasteiger partial charge in [-0.05, 0) is 109 Å². The standard InChI is InChI=1S/C42H66N8O2/c1-23-11-17-35-37(19-23)49-41(47-35)29-20-25(12-15-27(29)39-43-31-7-3-4-8-32(31)44-39)52-26-13-16-28(40-45-33-9-5-6-10-34(33)46-40)30(21-26)42-48-36-18-14-24(51-2)22-38(36)50-42/h23-38H,3-22H2,1-2H3,(H,43,44)(H,45,46)(H,47,49)(H,48,50). The number of hydrogen-bond donors (Lipinski definition) is 4. The lowest BCUT2D eigenvalue weighted by molar-refractivity contribution is -0.0607. The summed E-state index contributed by atoms with van der Waals surface area (Å²) in [5.74, 6) is 7.37. The highest BCUT2D eigenvalue weighted by atomic mass is 16.5. The first kappa shape index (κ1) is 34.3. The molecule has 0 aromatic heterocycles. The van der Waals surface area contributed by atoms with E-state index in [0.717, 1.165) is 63.7 Å². The molecule has 0 radical (unpaired) electrons. The van der Waals surface area contributed by atoms with Crippen molar-refractivity contribution in [3.8, 4) is 0 Å². The fraction of sp³-hybridized carbons (Fsp3) is 0.905. The van der Waals surface area contributed by atoms with Crippen molar-refractivity contribution in [1.82, 2.24) is 21.3 Å². The fourth-order valence-electron chi connectivity index (χ4n) is 12.7. The minimum Gasteiger partial charge on any atom is -0.381 e. The maximum Gasteiger partial charge on any atom is 0.101 e. The molecular weight excluding hydrogens is 649 g/mol. The molecule has 6 fully saturated rings. The molecule has 10 nitrogen and oxygen atoms in total. The van der Waals surface area contributed by atoms with E-state index in [-0.39, 0.29) is 12.2 Å². The van der Waals surface area contributed by atoms with Crippen LogP contribution in [0.4, 0.5) is 0 Å². The zero-order chi connectivity index (χ0) is 34.8. The minimum absolute atomic E-state index is 0.248. The van der Waals surface area contributed by atoms with E-state index in [1.807, 2.05) is 7.11 Å². The van der Waals surface area contributed by atoms with Crippen molar-refractivity contribution in [2.75, 3.05) is 7.11 Å². The monoisotopic (exact) mass is 715 g/mol. The third kappa shape index (κ3) is 6.62. The Hall–Kier alpha value is -2.20. The Labute approximate surface area is 312 Å². The van der Waals surface area contributed by atoms with Crippen LogP contribution in [0.25, 0.3) is 0 Å². The first-order chi connectivity index (χ1) is 25.5. The van der Waals surface area contributed by atoms with Crippen LogP contribution in [0.5, 0.6) is 0 Å². The quantitative estimate of drug-likeness (QED) is 0.269. The van der Waals surface area contributed by atoms with Crippen molar-refractivity contribution in [2.24, 2.45) is 49.6 Å². The largest absolute Gasteiger partial charge is 0.381 e. The van der Waals surface area contributed by atoms with Crippen molar-refractivity contribution >= 4 is 23.3 Å². The van der Waals surface area contributed by atoms with Gasteiger partial charge in [0.15, 0.2) is 0 Å². The third-order valence-electron chi connectivity index (χ3n) is 15.6. The summed E-state index contributed by atoms with van der Waals surface area (Å²) in [5, 5.41) is 16.0. The predicted molar refractivity (Wildman–Crippen MR) is 208 cm³/mol. The Bertz CT molecular complexity index is 1450. The first-order valence-corrected chi connectivity index (χ1v) is 22.1. The Balaban J connectivity index is 0.866. The van der Waals surface area contributed by atoms with Crippen LogP contribution in [-0.4, -0.2) is 97.1 Å². The third-order valence-corrected chi connectivity index (χ3v) is 15.6. The van der Waals surface area contributed by atoms with E-state index in [1.54, 1.807) is 0 Å². The van der Waals surface area contributed by atoms with Gasteiger partial charge in [-0.15, -0.1) is 0 Å². The summed E-state index contributed by atoms with van der Waals surface area (Å²) in [6.07, 6.45) is 24.8. The van der Waals surface area contributed by atoms with Crippen LogP contribution in [0.15, 0.2) is 20.0 Å². The number of ether oxygens (including phenoxy) is 2. The van der Waals surface area contributed by atoms with Gasteiger partial charge in [-0.2, -0.15) is 0 Å². The molecule has 52 heavy (non-hydrogen) atoms. The highest BCUT2D eigenvalue weighted by Crippen LogP contribution is 2.43. The van der Waals surface area contributed by atoms with E-state index in [9.17, 15) is 0 Å². The van der Waals surface area contributed by atoms with Gasteiger partial charge >= 0.3 is 0 Å². The van der Waals surface area contributed by atoms with E-state index < -0.39 is 0 Å². The summed E-state index contributed by atoms with van der Waals surface area (Å²) >= 11 is 0. The van der Waals surface area contributed by atoms with Crippen molar-refractivity contribution in [3.63, 3.8) is 0 Å². The second kappa shape index (κ2) is 14.5. The van der Waals surface area contributed by atoms with Gasteiger partial charge < -0.3 is 30.7 Å². The number of nitrogens with zero attached hydrogens (tertiary/aromatic N) is 4. The molecule has 0 saturated heterocycles. The van der Waals surface area contributed by atoms with Gasteiger partial charge in [-0.1, -0.05) is 32.6 Å². The molecule has 0 bridgehead atoms. The SMILES string of the molecule is COC1CCC2N=C(C3CC(OC4CCC(C5=NC6CCCCC6N5)C(C5=NC6CCC(C)CC6N5)C4)CCC3C3=NC4CCCCC4N3)NC2C1. The van der Waals surface area contributed by atoms with Gasteiger partial charge in [-0.25, -0.2) is 0 Å². The second-order valence-electron chi connectivity index (χ2n) is 18.9. The lowest BCUT2D eigenvalue weighted by Gasteiger charge is -2.41. The van der Waals surface area contributed by atoms with Crippen LogP contribution >= 0.6 is 0 Å². The zero-order valence-electron chi connectivity index (χ0n) is 32.0. The minimum atomic E-state index is 0.248.